The minimum Gasteiger partial charge on any atom is -0.490 e. The average Bonchev–Trinajstić information content (AvgIpc) is 2.84. The molecular formula is C24H34N6O6. The molecule has 0 aromatic heterocycles. The second-order valence-corrected chi connectivity index (χ2v) is 8.21. The number of fused-ring (bicyclic) bond motifs is 13. The van der Waals surface area contributed by atoms with Gasteiger partial charge in [-0.05, 0) is 37.0 Å². The van der Waals surface area contributed by atoms with Crippen LogP contribution in [0.25, 0.3) is 0 Å². The molecule has 1 aromatic carbocycles. The van der Waals surface area contributed by atoms with E-state index in [9.17, 15) is 19.2 Å². The molecule has 3 atom stereocenters. The van der Waals surface area contributed by atoms with E-state index in [0.717, 1.165) is 5.56 Å². The van der Waals surface area contributed by atoms with Gasteiger partial charge in [0.25, 0.3) is 0 Å². The summed E-state index contributed by atoms with van der Waals surface area (Å²) in [6.07, 6.45) is 4.35. The number of carbonyl (C=O) groups excluding carboxylic acids is 4. The minimum absolute atomic E-state index is 0.0874. The van der Waals surface area contributed by atoms with Gasteiger partial charge in [0.2, 0.25) is 17.7 Å². The SMILES string of the molecule is COC(=O)C1CC=CCOc2ccc(cc2)C[C@H](NC(C)=O)C(=O)N[C@@H](CCCN=C(N)N)C(=O)N1. The van der Waals surface area contributed by atoms with Gasteiger partial charge in [-0.2, -0.15) is 0 Å². The molecule has 2 heterocycles. The van der Waals surface area contributed by atoms with Gasteiger partial charge in [0.15, 0.2) is 5.96 Å². The van der Waals surface area contributed by atoms with Crippen LogP contribution in [-0.4, -0.2) is 68.0 Å². The van der Waals surface area contributed by atoms with Crippen LogP contribution in [0.2, 0.25) is 0 Å². The van der Waals surface area contributed by atoms with Crippen molar-refractivity contribution in [2.45, 2.75) is 50.7 Å². The van der Waals surface area contributed by atoms with Crippen LogP contribution in [0, 0.1) is 0 Å². The topological polar surface area (TPSA) is 187 Å². The lowest BCUT2D eigenvalue weighted by Crippen LogP contribution is -2.56. The molecule has 2 aliphatic rings. The zero-order chi connectivity index (χ0) is 26.5. The van der Waals surface area contributed by atoms with E-state index < -0.39 is 41.8 Å². The van der Waals surface area contributed by atoms with E-state index in [2.05, 4.69) is 20.9 Å². The standard InChI is InChI=1S/C24H34N6O6/c1-15(31)28-20-14-16-8-10-17(11-9-16)36-13-4-3-6-19(23(34)35-2)30-21(32)18(29-22(20)33)7-5-12-27-24(25)26/h3-4,8-11,18-20H,5-7,12-14H2,1-2H3,(H,28,31)(H,29,33)(H,30,32)(H4,25,26,27)/t18-,19?,20-/m0/s1. The predicted molar refractivity (Wildman–Crippen MR) is 133 cm³/mol. The van der Waals surface area contributed by atoms with Crippen molar-refractivity contribution in [1.82, 2.24) is 16.0 Å². The third kappa shape index (κ3) is 9.65. The predicted octanol–water partition coefficient (Wildman–Crippen LogP) is -0.731. The van der Waals surface area contributed by atoms with Crippen LogP contribution in [0.1, 0.15) is 31.7 Å². The maximum atomic E-state index is 13.2. The van der Waals surface area contributed by atoms with Gasteiger partial charge in [-0.3, -0.25) is 19.4 Å². The monoisotopic (exact) mass is 502 g/mol. The molecule has 3 amide bonds. The fourth-order valence-electron chi connectivity index (χ4n) is 3.53. The number of ether oxygens (including phenoxy) is 2. The lowest BCUT2D eigenvalue weighted by molar-refractivity contribution is -0.145. The number of amides is 3. The van der Waals surface area contributed by atoms with Crippen LogP contribution in [0.5, 0.6) is 5.75 Å². The first-order chi connectivity index (χ1) is 17.2. The molecule has 0 aliphatic carbocycles. The summed E-state index contributed by atoms with van der Waals surface area (Å²) >= 11 is 0. The van der Waals surface area contributed by atoms with Gasteiger partial charge in [0.1, 0.15) is 30.5 Å². The summed E-state index contributed by atoms with van der Waals surface area (Å²) in [6, 6.07) is 4.20. The Morgan fingerprint density at radius 2 is 1.86 bits per heavy atom. The van der Waals surface area contributed by atoms with E-state index in [1.54, 1.807) is 36.4 Å². The highest BCUT2D eigenvalue weighted by Gasteiger charge is 2.29. The first-order valence-electron chi connectivity index (χ1n) is 11.6. The normalized spacial score (nSPS) is 20.8. The van der Waals surface area contributed by atoms with Crippen LogP contribution in [0.4, 0.5) is 0 Å². The smallest absolute Gasteiger partial charge is 0.328 e. The molecule has 12 nitrogen and oxygen atoms in total. The van der Waals surface area contributed by atoms with Crippen molar-refractivity contribution in [1.29, 1.82) is 0 Å². The molecule has 2 aliphatic heterocycles. The first-order valence-corrected chi connectivity index (χ1v) is 11.6. The maximum Gasteiger partial charge on any atom is 0.328 e. The van der Waals surface area contributed by atoms with Gasteiger partial charge in [0, 0.05) is 19.9 Å². The summed E-state index contributed by atoms with van der Waals surface area (Å²) in [7, 11) is 1.22. The molecule has 3 rings (SSSR count). The Morgan fingerprint density at radius 3 is 2.50 bits per heavy atom. The third-order valence-electron chi connectivity index (χ3n) is 5.32. The van der Waals surface area contributed by atoms with Crippen molar-refractivity contribution in [3.63, 3.8) is 0 Å². The summed E-state index contributed by atoms with van der Waals surface area (Å²) in [5.74, 6) is -1.63. The van der Waals surface area contributed by atoms with Crippen molar-refractivity contribution >= 4 is 29.7 Å². The zero-order valence-corrected chi connectivity index (χ0v) is 20.5. The number of carbonyl (C=O) groups is 4. The second-order valence-electron chi connectivity index (χ2n) is 8.21. The largest absolute Gasteiger partial charge is 0.490 e. The Kier molecular flexibility index (Phi) is 11.2. The lowest BCUT2D eigenvalue weighted by Gasteiger charge is -2.24. The highest BCUT2D eigenvalue weighted by molar-refractivity contribution is 5.93. The fourth-order valence-corrected chi connectivity index (χ4v) is 3.53. The Hall–Kier alpha value is -4.09. The molecule has 196 valence electrons. The zero-order valence-electron chi connectivity index (χ0n) is 20.5. The van der Waals surface area contributed by atoms with E-state index in [0.29, 0.717) is 12.2 Å². The van der Waals surface area contributed by atoms with Gasteiger partial charge >= 0.3 is 5.97 Å². The van der Waals surface area contributed by atoms with Gasteiger partial charge < -0.3 is 36.9 Å². The highest BCUT2D eigenvalue weighted by Crippen LogP contribution is 2.14. The van der Waals surface area contributed by atoms with Crippen LogP contribution < -0.4 is 32.2 Å². The third-order valence-corrected chi connectivity index (χ3v) is 5.32. The van der Waals surface area contributed by atoms with E-state index in [-0.39, 0.29) is 38.4 Å². The summed E-state index contributed by atoms with van der Waals surface area (Å²) in [6.45, 7) is 1.80. The van der Waals surface area contributed by atoms with Crippen molar-refractivity contribution in [3.05, 3.63) is 42.0 Å². The van der Waals surface area contributed by atoms with Crippen molar-refractivity contribution in [2.75, 3.05) is 20.3 Å². The summed E-state index contributed by atoms with van der Waals surface area (Å²) in [5, 5.41) is 7.97. The van der Waals surface area contributed by atoms with Crippen LogP contribution in [0.3, 0.4) is 0 Å². The molecular weight excluding hydrogens is 468 g/mol. The summed E-state index contributed by atoms with van der Waals surface area (Å²) in [4.78, 5) is 54.3. The molecule has 0 spiro atoms. The number of guanidine groups is 1. The van der Waals surface area contributed by atoms with Crippen LogP contribution in [-0.2, 0) is 30.3 Å². The van der Waals surface area contributed by atoms with E-state index in [4.69, 9.17) is 20.9 Å². The lowest BCUT2D eigenvalue weighted by atomic mass is 10.0. The fraction of sp³-hybridized carbons (Fsp3) is 0.458. The molecule has 0 saturated heterocycles. The number of aliphatic imine (C=N–C) groups is 1. The Balaban J connectivity index is 2.34. The molecule has 2 bridgehead atoms. The number of hydrogen-bond acceptors (Lipinski definition) is 7. The first kappa shape index (κ1) is 28.1. The summed E-state index contributed by atoms with van der Waals surface area (Å²) < 4.78 is 10.5. The number of nitrogens with one attached hydrogen (secondary N) is 3. The Morgan fingerprint density at radius 1 is 1.14 bits per heavy atom. The number of benzene rings is 1. The van der Waals surface area contributed by atoms with E-state index >= 15 is 0 Å². The van der Waals surface area contributed by atoms with Crippen LogP contribution in [0.15, 0.2) is 41.4 Å². The molecule has 0 saturated carbocycles. The maximum absolute atomic E-state index is 13.2. The molecule has 0 radical (unpaired) electrons. The van der Waals surface area contributed by atoms with Gasteiger partial charge in [-0.1, -0.05) is 24.3 Å². The quantitative estimate of drug-likeness (QED) is 0.111. The second kappa shape index (κ2) is 14.3. The molecule has 36 heavy (non-hydrogen) atoms. The molecule has 7 N–H and O–H groups in total. The van der Waals surface area contributed by atoms with E-state index in [1.807, 2.05) is 0 Å². The van der Waals surface area contributed by atoms with Crippen molar-refractivity contribution < 1.29 is 28.7 Å². The number of methoxy groups -OCH3 is 1. The Labute approximate surface area is 209 Å². The number of nitrogens with zero attached hydrogens (tertiary/aromatic N) is 1. The number of hydrogen-bond donors (Lipinski definition) is 5. The summed E-state index contributed by atoms with van der Waals surface area (Å²) in [5.41, 5.74) is 11.5. The molecule has 1 unspecified atom stereocenters. The van der Waals surface area contributed by atoms with Crippen molar-refractivity contribution in [2.24, 2.45) is 16.5 Å². The van der Waals surface area contributed by atoms with Crippen molar-refractivity contribution in [3.8, 4) is 5.75 Å². The van der Waals surface area contributed by atoms with Gasteiger partial charge in [-0.15, -0.1) is 0 Å². The van der Waals surface area contributed by atoms with Gasteiger partial charge in [0.05, 0.1) is 7.11 Å². The average molecular weight is 503 g/mol. The molecule has 12 heteroatoms. The highest BCUT2D eigenvalue weighted by atomic mass is 16.5. The van der Waals surface area contributed by atoms with E-state index in [1.165, 1.54) is 14.0 Å². The number of rotatable bonds is 6. The van der Waals surface area contributed by atoms with Gasteiger partial charge in [-0.25, -0.2) is 4.79 Å². The number of esters is 1. The number of nitrogens with two attached hydrogens (primary N) is 2. The molecule has 0 fully saturated rings. The Bertz CT molecular complexity index is 974. The van der Waals surface area contributed by atoms with Crippen LogP contribution >= 0.6 is 0 Å². The molecule has 1 aromatic rings. The minimum atomic E-state index is -1.01.